The Labute approximate surface area is 130 Å². The van der Waals surface area contributed by atoms with Gasteiger partial charge in [-0.15, -0.1) is 0 Å². The van der Waals surface area contributed by atoms with Crippen molar-refractivity contribution in [3.63, 3.8) is 0 Å². The first-order valence-corrected chi connectivity index (χ1v) is 6.58. The molecular weight excluding hydrogens is 343 g/mol. The summed E-state index contributed by atoms with van der Waals surface area (Å²) in [6.45, 7) is -1.43. The van der Waals surface area contributed by atoms with E-state index in [4.69, 9.17) is 10.8 Å². The van der Waals surface area contributed by atoms with E-state index in [1.165, 1.54) is 0 Å². The molecule has 0 bridgehead atoms. The molecule has 1 saturated heterocycles. The molecule has 0 amide bonds. The highest BCUT2D eigenvalue weighted by Gasteiger charge is 2.57. The Morgan fingerprint density at radius 3 is 2.58 bits per heavy atom. The zero-order valence-corrected chi connectivity index (χ0v) is 11.7. The lowest BCUT2D eigenvalue weighted by molar-refractivity contribution is -0.195. The predicted octanol–water partition coefficient (Wildman–Crippen LogP) is 0.918. The summed E-state index contributed by atoms with van der Waals surface area (Å²) in [6, 6.07) is 0. The van der Waals surface area contributed by atoms with E-state index in [-0.39, 0.29) is 0 Å². The van der Waals surface area contributed by atoms with Gasteiger partial charge >= 0.3 is 6.18 Å². The minimum Gasteiger partial charge on any atom is -0.390 e. The van der Waals surface area contributed by atoms with E-state index in [9.17, 15) is 27.1 Å². The lowest BCUT2D eigenvalue weighted by Gasteiger charge is -2.19. The van der Waals surface area contributed by atoms with Gasteiger partial charge in [-0.3, -0.25) is 0 Å². The van der Waals surface area contributed by atoms with E-state index < -0.39 is 59.6 Å². The summed E-state index contributed by atoms with van der Waals surface area (Å²) in [5, 5.41) is 18.1. The first-order valence-electron chi connectivity index (χ1n) is 6.58. The monoisotopic (exact) mass is 354 g/mol. The maximum atomic E-state index is 14.0. The van der Waals surface area contributed by atoms with E-state index in [0.29, 0.717) is 10.8 Å². The van der Waals surface area contributed by atoms with E-state index >= 15 is 0 Å². The molecule has 1 aliphatic rings. The van der Waals surface area contributed by atoms with Crippen molar-refractivity contribution in [2.75, 3.05) is 12.3 Å². The van der Waals surface area contributed by atoms with Crippen LogP contribution in [0.25, 0.3) is 11.0 Å². The third-order valence-corrected chi connectivity index (χ3v) is 3.75. The lowest BCUT2D eigenvalue weighted by Crippen LogP contribution is -2.39. The summed E-state index contributed by atoms with van der Waals surface area (Å²) in [7, 11) is 0. The highest BCUT2D eigenvalue weighted by molar-refractivity contribution is 5.90. The van der Waals surface area contributed by atoms with Crippen molar-refractivity contribution in [3.05, 3.63) is 18.1 Å². The highest BCUT2D eigenvalue weighted by atomic mass is 19.4. The number of anilines is 1. The van der Waals surface area contributed by atoms with E-state index in [1.807, 2.05) is 0 Å². The van der Waals surface area contributed by atoms with Crippen LogP contribution in [0.5, 0.6) is 0 Å². The van der Waals surface area contributed by atoms with Gasteiger partial charge in [0.25, 0.3) is 5.85 Å². The Balaban J connectivity index is 2.20. The average Bonchev–Trinajstić information content (AvgIpc) is 3.00. The first kappa shape index (κ1) is 16.8. The van der Waals surface area contributed by atoms with E-state index in [2.05, 4.69) is 14.7 Å². The molecule has 7 nitrogen and oxygen atoms in total. The molecule has 0 aromatic carbocycles. The summed E-state index contributed by atoms with van der Waals surface area (Å²) in [4.78, 5) is 7.09. The molecule has 3 heterocycles. The maximum absolute atomic E-state index is 14.0. The Bertz CT molecular complexity index is 782. The molecule has 0 saturated carbocycles. The van der Waals surface area contributed by atoms with Crippen molar-refractivity contribution in [2.45, 2.75) is 30.5 Å². The predicted molar refractivity (Wildman–Crippen MR) is 68.9 cm³/mol. The van der Waals surface area contributed by atoms with Crippen LogP contribution in [0.2, 0.25) is 0 Å². The molecule has 24 heavy (non-hydrogen) atoms. The van der Waals surface area contributed by atoms with E-state index in [0.717, 1.165) is 6.33 Å². The van der Waals surface area contributed by atoms with Crippen molar-refractivity contribution < 1.29 is 36.9 Å². The van der Waals surface area contributed by atoms with Gasteiger partial charge in [0.1, 0.15) is 30.5 Å². The van der Waals surface area contributed by atoms with Crippen molar-refractivity contribution in [3.8, 4) is 0 Å². The molecule has 0 radical (unpaired) electrons. The number of alkyl halides is 5. The number of aliphatic hydroxyl groups excluding tert-OH is 2. The van der Waals surface area contributed by atoms with Gasteiger partial charge < -0.3 is 25.3 Å². The van der Waals surface area contributed by atoms with Crippen molar-refractivity contribution in [1.82, 2.24) is 14.5 Å². The van der Waals surface area contributed by atoms with Crippen molar-refractivity contribution in [1.29, 1.82) is 0 Å². The lowest BCUT2D eigenvalue weighted by atomic mass is 10.1. The molecule has 2 aromatic rings. The normalized spacial score (nSPS) is 31.0. The molecule has 2 aromatic heterocycles. The summed E-state index contributed by atoms with van der Waals surface area (Å²) in [6.07, 6.45) is -10.2. The molecular formula is C12H11F5N4O3. The highest BCUT2D eigenvalue weighted by Crippen LogP contribution is 2.44. The van der Waals surface area contributed by atoms with Crippen LogP contribution in [0.1, 0.15) is 11.8 Å². The molecule has 4 atom stereocenters. The minimum absolute atomic E-state index is 0.423. The SMILES string of the molecule is Nc1ncnc2c1c(C(F)(F)F)cn2[C@@H]1O[C@](F)(CO)[C@@H](F)[C@H]1O. The molecule has 3 rings (SSSR count). The number of nitrogens with zero attached hydrogens (tertiary/aromatic N) is 3. The summed E-state index contributed by atoms with van der Waals surface area (Å²) < 4.78 is 72.6. The first-order chi connectivity index (χ1) is 11.1. The Morgan fingerprint density at radius 1 is 1.38 bits per heavy atom. The third-order valence-electron chi connectivity index (χ3n) is 3.75. The fraction of sp³-hybridized carbons (Fsp3) is 0.500. The topological polar surface area (TPSA) is 106 Å². The molecule has 12 heteroatoms. The number of ether oxygens (including phenoxy) is 1. The number of aliphatic hydroxyl groups is 2. The van der Waals surface area contributed by atoms with Crippen LogP contribution < -0.4 is 5.73 Å². The molecule has 1 fully saturated rings. The van der Waals surface area contributed by atoms with Gasteiger partial charge in [-0.1, -0.05) is 0 Å². The second-order valence-corrected chi connectivity index (χ2v) is 5.25. The standard InChI is InChI=1S/C12H11F5N4O3/c13-7-6(23)10(24-11(7,14)2-22)21-1-4(12(15,16)17)5-8(18)19-3-20-9(5)21/h1,3,6-7,10,22-23H,2H2,(H2,18,19,20)/t6-,7+,10-,11-/m1/s1. The third kappa shape index (κ3) is 2.29. The minimum atomic E-state index is -4.86. The Kier molecular flexibility index (Phi) is 3.66. The van der Waals surface area contributed by atoms with Gasteiger partial charge in [0.15, 0.2) is 12.4 Å². The van der Waals surface area contributed by atoms with Gasteiger partial charge in [0.05, 0.1) is 10.9 Å². The fourth-order valence-electron chi connectivity index (χ4n) is 2.60. The number of fused-ring (bicyclic) bond motifs is 1. The second-order valence-electron chi connectivity index (χ2n) is 5.25. The number of nitrogens with two attached hydrogens (primary N) is 1. The second kappa shape index (κ2) is 5.22. The van der Waals surface area contributed by atoms with Gasteiger partial charge in [-0.2, -0.15) is 13.2 Å². The smallest absolute Gasteiger partial charge is 0.390 e. The Morgan fingerprint density at radius 2 is 2.04 bits per heavy atom. The van der Waals surface area contributed by atoms with Crippen LogP contribution in [-0.4, -0.2) is 49.5 Å². The van der Waals surface area contributed by atoms with Crippen LogP contribution in [0, 0.1) is 0 Å². The summed E-state index contributed by atoms with van der Waals surface area (Å²) >= 11 is 0. The summed E-state index contributed by atoms with van der Waals surface area (Å²) in [5.41, 5.74) is 3.78. The van der Waals surface area contributed by atoms with Gasteiger partial charge in [0.2, 0.25) is 0 Å². The van der Waals surface area contributed by atoms with Gasteiger partial charge in [-0.25, -0.2) is 18.7 Å². The molecule has 0 aliphatic carbocycles. The zero-order valence-electron chi connectivity index (χ0n) is 11.7. The van der Waals surface area contributed by atoms with Crippen LogP contribution in [0.4, 0.5) is 27.8 Å². The number of nitrogen functional groups attached to an aromatic ring is 1. The molecule has 0 spiro atoms. The number of rotatable bonds is 2. The van der Waals surface area contributed by atoms with Crippen LogP contribution in [0.15, 0.2) is 12.5 Å². The average molecular weight is 354 g/mol. The molecule has 132 valence electrons. The van der Waals surface area contributed by atoms with Crippen LogP contribution in [-0.2, 0) is 10.9 Å². The van der Waals surface area contributed by atoms with Crippen LogP contribution >= 0.6 is 0 Å². The zero-order chi connectivity index (χ0) is 17.9. The molecule has 0 unspecified atom stereocenters. The number of halogens is 5. The van der Waals surface area contributed by atoms with Crippen molar-refractivity contribution in [2.24, 2.45) is 0 Å². The number of hydrogen-bond donors (Lipinski definition) is 3. The largest absolute Gasteiger partial charge is 0.418 e. The number of hydrogen-bond acceptors (Lipinski definition) is 6. The fourth-order valence-corrected chi connectivity index (χ4v) is 2.60. The van der Waals surface area contributed by atoms with E-state index in [1.54, 1.807) is 0 Å². The van der Waals surface area contributed by atoms with Gasteiger partial charge in [0, 0.05) is 6.20 Å². The van der Waals surface area contributed by atoms with Crippen molar-refractivity contribution >= 4 is 16.9 Å². The Hall–Kier alpha value is -2.05. The molecule has 4 N–H and O–H groups in total. The number of aromatic nitrogens is 3. The summed E-state index contributed by atoms with van der Waals surface area (Å²) in [5.74, 6) is -3.75. The van der Waals surface area contributed by atoms with Crippen LogP contribution in [0.3, 0.4) is 0 Å². The quantitative estimate of drug-likeness (QED) is 0.693. The van der Waals surface area contributed by atoms with Gasteiger partial charge in [-0.05, 0) is 0 Å². The molecule has 1 aliphatic heterocycles. The maximum Gasteiger partial charge on any atom is 0.418 e.